The van der Waals surface area contributed by atoms with Crippen LogP contribution in [-0.4, -0.2) is 11.7 Å². The Morgan fingerprint density at radius 3 is 2.22 bits per heavy atom. The van der Waals surface area contributed by atoms with Gasteiger partial charge in [-0.25, -0.2) is 0 Å². The molecule has 1 saturated heterocycles. The molecule has 1 unspecified atom stereocenters. The highest BCUT2D eigenvalue weighted by Crippen LogP contribution is 2.51. The zero-order valence-corrected chi connectivity index (χ0v) is 17.9. The number of anilines is 1. The number of hydrogen-bond acceptors (Lipinski definition) is 3. The van der Waals surface area contributed by atoms with Gasteiger partial charge in [-0.1, -0.05) is 66.7 Å². The lowest BCUT2D eigenvalue weighted by molar-refractivity contribution is -0.135. The second kappa shape index (κ2) is 6.68. The molecule has 0 aliphatic carbocycles. The fourth-order valence-corrected chi connectivity index (χ4v) is 5.17. The summed E-state index contributed by atoms with van der Waals surface area (Å²) in [7, 11) is 0. The topological polar surface area (TPSA) is 46.6 Å². The molecule has 4 aromatic carbocycles. The number of carbonyl (C=O) groups excluding carboxylic acids is 2. The first-order chi connectivity index (χ1) is 15.5. The normalized spacial score (nSPS) is 19.9. The van der Waals surface area contributed by atoms with Gasteiger partial charge in [0.05, 0.1) is 18.7 Å². The van der Waals surface area contributed by atoms with E-state index in [1.165, 1.54) is 0 Å². The Kier molecular flexibility index (Phi) is 3.99. The van der Waals surface area contributed by atoms with Crippen LogP contribution in [0.4, 0.5) is 5.69 Å². The fraction of sp³-hybridized carbons (Fsp3) is 0.111. The lowest BCUT2D eigenvalue weighted by Crippen LogP contribution is -2.39. The summed E-state index contributed by atoms with van der Waals surface area (Å²) in [5, 5.41) is 4.88. The number of fused-ring (bicyclic) bond motifs is 4. The van der Waals surface area contributed by atoms with Crippen LogP contribution >= 0.6 is 11.6 Å². The van der Waals surface area contributed by atoms with Gasteiger partial charge in [0.1, 0.15) is 0 Å². The lowest BCUT2D eigenvalue weighted by atomic mass is 9.92. The highest BCUT2D eigenvalue weighted by atomic mass is 35.5. The molecule has 0 bridgehead atoms. The Morgan fingerprint density at radius 1 is 0.938 bits per heavy atom. The molecule has 32 heavy (non-hydrogen) atoms. The van der Waals surface area contributed by atoms with Gasteiger partial charge in [-0.3, -0.25) is 9.59 Å². The molecule has 4 nitrogen and oxygen atoms in total. The molecular formula is C27H18ClNO3. The van der Waals surface area contributed by atoms with Gasteiger partial charge >= 0.3 is 0 Å². The quantitative estimate of drug-likeness (QED) is 0.289. The first-order valence-corrected chi connectivity index (χ1v) is 10.8. The van der Waals surface area contributed by atoms with E-state index < -0.39 is 5.60 Å². The molecule has 1 fully saturated rings. The Bertz CT molecular complexity index is 1420. The highest BCUT2D eigenvalue weighted by molar-refractivity contribution is 6.31. The minimum absolute atomic E-state index is 0.0155. The van der Waals surface area contributed by atoms with Crippen molar-refractivity contribution in [2.45, 2.75) is 18.6 Å². The van der Waals surface area contributed by atoms with E-state index in [4.69, 9.17) is 16.3 Å². The Morgan fingerprint density at radius 2 is 1.59 bits per heavy atom. The van der Waals surface area contributed by atoms with E-state index in [0.717, 1.165) is 27.1 Å². The molecule has 0 radical (unpaired) electrons. The average molecular weight is 440 g/mol. The number of halogens is 1. The SMILES string of the molecule is C=C1OC2(CC1=O)C(=O)N(Cc1c3ccccc3cc3ccccc13)c1ccc(Cl)cc12. The zero-order valence-electron chi connectivity index (χ0n) is 17.1. The van der Waals surface area contributed by atoms with E-state index >= 15 is 0 Å². The second-order valence-corrected chi connectivity index (χ2v) is 8.74. The summed E-state index contributed by atoms with van der Waals surface area (Å²) >= 11 is 6.28. The minimum Gasteiger partial charge on any atom is -0.469 e. The third-order valence-corrected chi connectivity index (χ3v) is 6.73. The molecule has 1 atom stereocenters. The van der Waals surface area contributed by atoms with Crippen LogP contribution in [0.25, 0.3) is 21.5 Å². The van der Waals surface area contributed by atoms with E-state index in [-0.39, 0.29) is 23.9 Å². The van der Waals surface area contributed by atoms with Gasteiger partial charge in [-0.15, -0.1) is 0 Å². The van der Waals surface area contributed by atoms with Crippen molar-refractivity contribution in [2.75, 3.05) is 4.90 Å². The van der Waals surface area contributed by atoms with Crippen molar-refractivity contribution < 1.29 is 14.3 Å². The fourth-order valence-electron chi connectivity index (χ4n) is 5.00. The van der Waals surface area contributed by atoms with Crippen LogP contribution in [0.15, 0.2) is 85.1 Å². The van der Waals surface area contributed by atoms with Gasteiger partial charge in [-0.05, 0) is 51.4 Å². The number of Topliss-reactive ketones (excluding diaryl/α,β-unsaturated/α-hetero) is 1. The van der Waals surface area contributed by atoms with Crippen molar-refractivity contribution in [3.05, 3.63) is 101 Å². The van der Waals surface area contributed by atoms with E-state index in [1.807, 2.05) is 30.3 Å². The van der Waals surface area contributed by atoms with E-state index in [9.17, 15) is 9.59 Å². The molecule has 0 aromatic heterocycles. The van der Waals surface area contributed by atoms with Crippen LogP contribution in [0.1, 0.15) is 17.5 Å². The van der Waals surface area contributed by atoms with E-state index in [0.29, 0.717) is 22.8 Å². The number of amides is 1. The van der Waals surface area contributed by atoms with Crippen molar-refractivity contribution >= 4 is 50.5 Å². The molecular weight excluding hydrogens is 422 g/mol. The highest BCUT2D eigenvalue weighted by Gasteiger charge is 2.58. The molecule has 0 N–H and O–H groups in total. The number of ether oxygens (including phenoxy) is 1. The molecule has 156 valence electrons. The first-order valence-electron chi connectivity index (χ1n) is 10.4. The average Bonchev–Trinajstić information content (AvgIpc) is 3.21. The molecule has 2 aliphatic heterocycles. The maximum absolute atomic E-state index is 13.8. The van der Waals surface area contributed by atoms with Crippen molar-refractivity contribution in [3.63, 3.8) is 0 Å². The summed E-state index contributed by atoms with van der Waals surface area (Å²) in [6.07, 6.45) is -0.0647. The van der Waals surface area contributed by atoms with Crippen molar-refractivity contribution in [1.82, 2.24) is 0 Å². The maximum Gasteiger partial charge on any atom is 0.276 e. The van der Waals surface area contributed by atoms with Gasteiger partial charge in [-0.2, -0.15) is 0 Å². The molecule has 6 rings (SSSR count). The van der Waals surface area contributed by atoms with Crippen LogP contribution in [0.5, 0.6) is 0 Å². The minimum atomic E-state index is -1.39. The molecule has 0 saturated carbocycles. The lowest BCUT2D eigenvalue weighted by Gasteiger charge is -2.24. The molecule has 2 heterocycles. The number of ketones is 1. The predicted octanol–water partition coefficient (Wildman–Crippen LogP) is 5.89. The number of carbonyl (C=O) groups is 2. The van der Waals surface area contributed by atoms with Crippen LogP contribution in [0.2, 0.25) is 5.02 Å². The number of rotatable bonds is 2. The first kappa shape index (κ1) is 19.1. The largest absolute Gasteiger partial charge is 0.469 e. The van der Waals surface area contributed by atoms with Crippen LogP contribution in [0, 0.1) is 0 Å². The van der Waals surface area contributed by atoms with Gasteiger partial charge in [0.25, 0.3) is 5.91 Å². The zero-order chi connectivity index (χ0) is 22.0. The van der Waals surface area contributed by atoms with Gasteiger partial charge in [0.2, 0.25) is 11.4 Å². The summed E-state index contributed by atoms with van der Waals surface area (Å²) in [5.41, 5.74) is 0.980. The van der Waals surface area contributed by atoms with Gasteiger partial charge < -0.3 is 9.64 Å². The third kappa shape index (κ3) is 2.56. The Labute approximate surface area is 189 Å². The number of hydrogen-bond donors (Lipinski definition) is 0. The van der Waals surface area contributed by atoms with Crippen molar-refractivity contribution in [1.29, 1.82) is 0 Å². The van der Waals surface area contributed by atoms with Crippen LogP contribution in [0.3, 0.4) is 0 Å². The molecule has 1 spiro atoms. The van der Waals surface area contributed by atoms with Gasteiger partial charge in [0, 0.05) is 10.6 Å². The predicted molar refractivity (Wildman–Crippen MR) is 126 cm³/mol. The summed E-state index contributed by atoms with van der Waals surface area (Å²) in [5.74, 6) is -0.512. The van der Waals surface area contributed by atoms with E-state index in [1.54, 1.807) is 17.0 Å². The van der Waals surface area contributed by atoms with Gasteiger partial charge in [0.15, 0.2) is 5.76 Å². The number of nitrogens with zero attached hydrogens (tertiary/aromatic N) is 1. The molecule has 2 aliphatic rings. The summed E-state index contributed by atoms with van der Waals surface area (Å²) in [4.78, 5) is 27.9. The Hall–Kier alpha value is -3.63. The summed E-state index contributed by atoms with van der Waals surface area (Å²) < 4.78 is 5.86. The van der Waals surface area contributed by atoms with Crippen LogP contribution < -0.4 is 4.90 Å². The monoisotopic (exact) mass is 439 g/mol. The molecule has 1 amide bonds. The van der Waals surface area contributed by atoms with Crippen LogP contribution in [-0.2, 0) is 26.5 Å². The summed E-state index contributed by atoms with van der Waals surface area (Å²) in [6.45, 7) is 4.05. The van der Waals surface area contributed by atoms with Crippen molar-refractivity contribution in [2.24, 2.45) is 0 Å². The maximum atomic E-state index is 13.8. The third-order valence-electron chi connectivity index (χ3n) is 6.49. The number of allylic oxidation sites excluding steroid dienone is 1. The number of benzene rings is 4. The van der Waals surface area contributed by atoms with E-state index in [2.05, 4.69) is 36.9 Å². The molecule has 4 aromatic rings. The van der Waals surface area contributed by atoms with Crippen molar-refractivity contribution in [3.8, 4) is 0 Å². The summed E-state index contributed by atoms with van der Waals surface area (Å²) in [6, 6.07) is 23.8. The second-order valence-electron chi connectivity index (χ2n) is 8.30. The smallest absolute Gasteiger partial charge is 0.276 e. The molecule has 5 heteroatoms. The standard InChI is InChI=1S/C27H18ClNO3/c1-16-25(30)14-27(32-16)23-13-19(28)10-11-24(23)29(26(27)31)15-22-20-8-4-2-6-17(20)12-18-7-3-5-9-21(18)22/h2-13H,1,14-15H2. The Balaban J connectivity index is 1.56.